The van der Waals surface area contributed by atoms with Gasteiger partial charge in [-0.15, -0.1) is 0 Å². The number of benzene rings is 2. The number of rotatable bonds is 6. The van der Waals surface area contributed by atoms with Gasteiger partial charge in [-0.2, -0.15) is 0 Å². The Morgan fingerprint density at radius 2 is 1.92 bits per heavy atom. The van der Waals surface area contributed by atoms with Crippen molar-refractivity contribution < 1.29 is 19.1 Å². The SMILES string of the molecule is COC(=O)c1cccc(OCC(=O)N[C@@H](C)c2ccc(Cl)cc2Cl)c1. The molecule has 0 aliphatic heterocycles. The lowest BCUT2D eigenvalue weighted by molar-refractivity contribution is -0.123. The van der Waals surface area contributed by atoms with Gasteiger partial charge >= 0.3 is 5.97 Å². The van der Waals surface area contributed by atoms with Gasteiger partial charge in [-0.25, -0.2) is 4.79 Å². The summed E-state index contributed by atoms with van der Waals surface area (Å²) in [6, 6.07) is 11.2. The molecule has 0 fully saturated rings. The van der Waals surface area contributed by atoms with Crippen molar-refractivity contribution in [3.05, 3.63) is 63.6 Å². The topological polar surface area (TPSA) is 64.6 Å². The fourth-order valence-corrected chi connectivity index (χ4v) is 2.77. The number of esters is 1. The molecule has 1 amide bonds. The molecule has 132 valence electrons. The van der Waals surface area contributed by atoms with Gasteiger partial charge in [0.05, 0.1) is 18.7 Å². The first-order chi connectivity index (χ1) is 11.9. The molecule has 2 aromatic rings. The molecule has 0 saturated carbocycles. The standard InChI is InChI=1S/C18H17Cl2NO4/c1-11(15-7-6-13(19)9-16(15)20)21-17(22)10-25-14-5-3-4-12(8-14)18(23)24-2/h3-9,11H,10H2,1-2H3,(H,21,22)/t11-/m0/s1. The minimum atomic E-state index is -0.471. The van der Waals surface area contributed by atoms with Crippen molar-refractivity contribution in [1.82, 2.24) is 5.32 Å². The van der Waals surface area contributed by atoms with Gasteiger partial charge in [-0.1, -0.05) is 35.3 Å². The van der Waals surface area contributed by atoms with Crippen molar-refractivity contribution in [3.8, 4) is 5.75 Å². The highest BCUT2D eigenvalue weighted by Crippen LogP contribution is 2.26. The van der Waals surface area contributed by atoms with E-state index in [1.165, 1.54) is 13.2 Å². The molecule has 7 heteroatoms. The maximum atomic E-state index is 12.1. The number of hydrogen-bond acceptors (Lipinski definition) is 4. The van der Waals surface area contributed by atoms with E-state index >= 15 is 0 Å². The molecular weight excluding hydrogens is 365 g/mol. The zero-order valence-electron chi connectivity index (χ0n) is 13.7. The molecule has 0 heterocycles. The van der Waals surface area contributed by atoms with Crippen LogP contribution in [0.2, 0.25) is 10.0 Å². The Hall–Kier alpha value is -2.24. The van der Waals surface area contributed by atoms with E-state index < -0.39 is 5.97 Å². The summed E-state index contributed by atoms with van der Waals surface area (Å²) in [6.07, 6.45) is 0. The van der Waals surface area contributed by atoms with Crippen molar-refractivity contribution in [2.75, 3.05) is 13.7 Å². The van der Waals surface area contributed by atoms with Crippen LogP contribution >= 0.6 is 23.2 Å². The van der Waals surface area contributed by atoms with Crippen LogP contribution in [-0.4, -0.2) is 25.6 Å². The van der Waals surface area contributed by atoms with Crippen LogP contribution in [0.15, 0.2) is 42.5 Å². The summed E-state index contributed by atoms with van der Waals surface area (Å²) in [4.78, 5) is 23.5. The van der Waals surface area contributed by atoms with Gasteiger partial charge in [0.25, 0.3) is 5.91 Å². The predicted octanol–water partition coefficient (Wildman–Crippen LogP) is 4.04. The molecule has 1 N–H and O–H groups in total. The van der Waals surface area contributed by atoms with Gasteiger partial charge in [0.15, 0.2) is 6.61 Å². The zero-order valence-corrected chi connectivity index (χ0v) is 15.2. The van der Waals surface area contributed by atoms with E-state index in [0.29, 0.717) is 21.4 Å². The Labute approximate surface area is 155 Å². The summed E-state index contributed by atoms with van der Waals surface area (Å²) in [5.41, 5.74) is 1.11. The second-order valence-electron chi connectivity index (χ2n) is 5.26. The van der Waals surface area contributed by atoms with Crippen LogP contribution in [0.3, 0.4) is 0 Å². The van der Waals surface area contributed by atoms with Crippen LogP contribution in [0.1, 0.15) is 28.9 Å². The van der Waals surface area contributed by atoms with Crippen molar-refractivity contribution in [2.24, 2.45) is 0 Å². The molecular formula is C18H17Cl2NO4. The first kappa shape index (κ1) is 19.1. The van der Waals surface area contributed by atoms with Gasteiger partial charge < -0.3 is 14.8 Å². The summed E-state index contributed by atoms with van der Waals surface area (Å²) >= 11 is 12.0. The largest absolute Gasteiger partial charge is 0.484 e. The number of amides is 1. The fourth-order valence-electron chi connectivity index (χ4n) is 2.19. The number of hydrogen-bond donors (Lipinski definition) is 1. The van der Waals surface area contributed by atoms with E-state index in [9.17, 15) is 9.59 Å². The van der Waals surface area contributed by atoms with Crippen molar-refractivity contribution in [1.29, 1.82) is 0 Å². The molecule has 0 aliphatic carbocycles. The van der Waals surface area contributed by atoms with Crippen molar-refractivity contribution in [3.63, 3.8) is 0 Å². The van der Waals surface area contributed by atoms with Gasteiger partial charge in [0.2, 0.25) is 0 Å². The molecule has 2 aromatic carbocycles. The summed E-state index contributed by atoms with van der Waals surface area (Å²) in [5.74, 6) is -0.391. The van der Waals surface area contributed by atoms with Crippen LogP contribution in [0, 0.1) is 0 Å². The Kier molecular flexibility index (Phi) is 6.67. The maximum absolute atomic E-state index is 12.1. The number of methoxy groups -OCH3 is 1. The normalized spacial score (nSPS) is 11.5. The third-order valence-electron chi connectivity index (χ3n) is 3.43. The first-order valence-electron chi connectivity index (χ1n) is 7.46. The molecule has 25 heavy (non-hydrogen) atoms. The van der Waals surface area contributed by atoms with E-state index in [-0.39, 0.29) is 18.6 Å². The predicted molar refractivity (Wildman–Crippen MR) is 96.3 cm³/mol. The highest BCUT2D eigenvalue weighted by atomic mass is 35.5. The summed E-state index contributed by atoms with van der Waals surface area (Å²) < 4.78 is 10.1. The highest BCUT2D eigenvalue weighted by Gasteiger charge is 2.14. The van der Waals surface area contributed by atoms with Crippen LogP contribution in [0.5, 0.6) is 5.75 Å². The van der Waals surface area contributed by atoms with Gasteiger partial charge in [-0.05, 0) is 42.8 Å². The van der Waals surface area contributed by atoms with E-state index in [1.54, 1.807) is 36.4 Å². The van der Waals surface area contributed by atoms with E-state index in [4.69, 9.17) is 27.9 Å². The van der Waals surface area contributed by atoms with Gasteiger partial charge in [-0.3, -0.25) is 4.79 Å². The van der Waals surface area contributed by atoms with Crippen molar-refractivity contribution >= 4 is 35.1 Å². The molecule has 5 nitrogen and oxygen atoms in total. The second-order valence-corrected chi connectivity index (χ2v) is 6.11. The minimum absolute atomic E-state index is 0.194. The van der Waals surface area contributed by atoms with Crippen LogP contribution in [-0.2, 0) is 9.53 Å². The maximum Gasteiger partial charge on any atom is 0.337 e. The molecule has 0 radical (unpaired) electrons. The molecule has 0 bridgehead atoms. The number of carbonyl (C=O) groups excluding carboxylic acids is 2. The van der Waals surface area contributed by atoms with Gasteiger partial charge in [0.1, 0.15) is 5.75 Å². The Morgan fingerprint density at radius 1 is 1.16 bits per heavy atom. The molecule has 0 aromatic heterocycles. The Bertz CT molecular complexity index is 779. The first-order valence-corrected chi connectivity index (χ1v) is 8.21. The molecule has 0 unspecified atom stereocenters. The monoisotopic (exact) mass is 381 g/mol. The lowest BCUT2D eigenvalue weighted by Gasteiger charge is -2.16. The van der Waals surface area contributed by atoms with Crippen LogP contribution < -0.4 is 10.1 Å². The van der Waals surface area contributed by atoms with Gasteiger partial charge in [0, 0.05) is 10.0 Å². The number of halogens is 2. The average Bonchev–Trinajstić information content (AvgIpc) is 2.59. The Morgan fingerprint density at radius 3 is 2.60 bits per heavy atom. The van der Waals surface area contributed by atoms with E-state index in [0.717, 1.165) is 5.56 Å². The number of ether oxygens (including phenoxy) is 2. The smallest absolute Gasteiger partial charge is 0.337 e. The third kappa shape index (κ3) is 5.37. The van der Waals surface area contributed by atoms with Crippen LogP contribution in [0.4, 0.5) is 0 Å². The summed E-state index contributed by atoms with van der Waals surface area (Å²) in [7, 11) is 1.30. The number of nitrogens with one attached hydrogen (secondary N) is 1. The lowest BCUT2D eigenvalue weighted by atomic mass is 10.1. The zero-order chi connectivity index (χ0) is 18.4. The van der Waals surface area contributed by atoms with E-state index in [2.05, 4.69) is 10.1 Å². The molecule has 2 rings (SSSR count). The molecule has 0 spiro atoms. The molecule has 0 aliphatic rings. The summed E-state index contributed by atoms with van der Waals surface area (Å²) in [5, 5.41) is 3.80. The third-order valence-corrected chi connectivity index (χ3v) is 3.99. The van der Waals surface area contributed by atoms with Crippen molar-refractivity contribution in [2.45, 2.75) is 13.0 Å². The lowest BCUT2D eigenvalue weighted by Crippen LogP contribution is -2.31. The molecule has 1 atom stereocenters. The fraction of sp³-hybridized carbons (Fsp3) is 0.222. The van der Waals surface area contributed by atoms with Crippen LogP contribution in [0.25, 0.3) is 0 Å². The highest BCUT2D eigenvalue weighted by molar-refractivity contribution is 6.35. The summed E-state index contributed by atoms with van der Waals surface area (Å²) in [6.45, 7) is 1.62. The minimum Gasteiger partial charge on any atom is -0.484 e. The Balaban J connectivity index is 1.93. The quantitative estimate of drug-likeness (QED) is 0.766. The number of carbonyl (C=O) groups is 2. The average molecular weight is 382 g/mol. The second kappa shape index (κ2) is 8.74. The van der Waals surface area contributed by atoms with E-state index in [1.807, 2.05) is 6.92 Å². The molecule has 0 saturated heterocycles.